The number of hydrogen-bond donors (Lipinski definition) is 2. The molecular weight excluding hydrogens is 245 g/mol. The average Bonchev–Trinajstić information content (AvgIpc) is 2.40. The van der Waals surface area contributed by atoms with E-state index in [-0.39, 0.29) is 11.9 Å². The summed E-state index contributed by atoms with van der Waals surface area (Å²) in [6.45, 7) is 11.7. The Morgan fingerprint density at radius 2 is 2.00 bits per heavy atom. The molecule has 0 saturated heterocycles. The summed E-state index contributed by atoms with van der Waals surface area (Å²) in [5, 5.41) is 6.07. The summed E-state index contributed by atoms with van der Waals surface area (Å²) in [6, 6.07) is 0.124. The van der Waals surface area contributed by atoms with Gasteiger partial charge >= 0.3 is 0 Å². The standard InChI is InChI=1S/C13H24FN5/c1-5-15-13-16-8-11(14)12(18-13)17-10(4)9-19(6-2)7-3/h8,10H,5-7,9H2,1-4H3,(H2,15,16,17,18). The van der Waals surface area contributed by atoms with Crippen LogP contribution in [0.2, 0.25) is 0 Å². The van der Waals surface area contributed by atoms with Crippen molar-refractivity contribution in [3.8, 4) is 0 Å². The molecule has 0 aromatic carbocycles. The fraction of sp³-hybridized carbons (Fsp3) is 0.692. The van der Waals surface area contributed by atoms with Gasteiger partial charge in [-0.1, -0.05) is 13.8 Å². The number of halogens is 1. The van der Waals surface area contributed by atoms with Crippen LogP contribution in [0.1, 0.15) is 27.7 Å². The van der Waals surface area contributed by atoms with Crippen LogP contribution in [-0.4, -0.2) is 47.1 Å². The molecular formula is C13H24FN5. The maximum atomic E-state index is 13.6. The van der Waals surface area contributed by atoms with Gasteiger partial charge in [-0.3, -0.25) is 0 Å². The highest BCUT2D eigenvalue weighted by Gasteiger charge is 2.12. The van der Waals surface area contributed by atoms with Crippen LogP contribution in [0.3, 0.4) is 0 Å². The fourth-order valence-electron chi connectivity index (χ4n) is 1.86. The predicted octanol–water partition coefficient (Wildman–Crippen LogP) is 2.19. The Morgan fingerprint density at radius 1 is 1.32 bits per heavy atom. The third kappa shape index (κ3) is 4.98. The van der Waals surface area contributed by atoms with E-state index in [0.717, 1.165) is 19.6 Å². The van der Waals surface area contributed by atoms with Gasteiger partial charge < -0.3 is 15.5 Å². The van der Waals surface area contributed by atoms with Crippen LogP contribution < -0.4 is 10.6 Å². The molecule has 19 heavy (non-hydrogen) atoms. The first kappa shape index (κ1) is 15.6. The quantitative estimate of drug-likeness (QED) is 0.757. The van der Waals surface area contributed by atoms with E-state index < -0.39 is 5.82 Å². The molecule has 1 unspecified atom stereocenters. The molecule has 0 fully saturated rings. The van der Waals surface area contributed by atoms with Gasteiger partial charge in [-0.15, -0.1) is 0 Å². The van der Waals surface area contributed by atoms with Crippen molar-refractivity contribution in [1.82, 2.24) is 14.9 Å². The Kier molecular flexibility index (Phi) is 6.49. The second kappa shape index (κ2) is 7.89. The van der Waals surface area contributed by atoms with Gasteiger partial charge in [-0.25, -0.2) is 9.37 Å². The van der Waals surface area contributed by atoms with Crippen molar-refractivity contribution in [1.29, 1.82) is 0 Å². The summed E-state index contributed by atoms with van der Waals surface area (Å²) < 4.78 is 13.6. The van der Waals surface area contributed by atoms with Crippen LogP contribution in [0.4, 0.5) is 16.2 Å². The molecule has 1 atom stereocenters. The lowest BCUT2D eigenvalue weighted by Crippen LogP contribution is -2.35. The highest BCUT2D eigenvalue weighted by molar-refractivity contribution is 5.41. The lowest BCUT2D eigenvalue weighted by Gasteiger charge is -2.23. The maximum Gasteiger partial charge on any atom is 0.224 e. The molecule has 0 saturated carbocycles. The number of rotatable bonds is 8. The normalized spacial score (nSPS) is 12.5. The van der Waals surface area contributed by atoms with E-state index in [1.807, 2.05) is 13.8 Å². The molecule has 1 aromatic rings. The highest BCUT2D eigenvalue weighted by Crippen LogP contribution is 2.13. The first-order valence-electron chi connectivity index (χ1n) is 6.85. The zero-order valence-corrected chi connectivity index (χ0v) is 12.2. The van der Waals surface area contributed by atoms with Gasteiger partial charge in [0.2, 0.25) is 5.95 Å². The largest absolute Gasteiger partial charge is 0.364 e. The van der Waals surface area contributed by atoms with Gasteiger partial charge in [-0.2, -0.15) is 4.98 Å². The van der Waals surface area contributed by atoms with E-state index in [1.54, 1.807) is 0 Å². The average molecular weight is 269 g/mol. The molecule has 0 radical (unpaired) electrons. The van der Waals surface area contributed by atoms with E-state index in [0.29, 0.717) is 12.5 Å². The summed E-state index contributed by atoms with van der Waals surface area (Å²) in [4.78, 5) is 10.3. The topological polar surface area (TPSA) is 53.1 Å². The first-order valence-corrected chi connectivity index (χ1v) is 6.85. The third-order valence-corrected chi connectivity index (χ3v) is 2.89. The van der Waals surface area contributed by atoms with Gasteiger partial charge in [0.1, 0.15) is 0 Å². The number of nitrogens with zero attached hydrogens (tertiary/aromatic N) is 3. The lowest BCUT2D eigenvalue weighted by molar-refractivity contribution is 0.294. The fourth-order valence-corrected chi connectivity index (χ4v) is 1.86. The Bertz CT molecular complexity index is 381. The van der Waals surface area contributed by atoms with Gasteiger partial charge in [0, 0.05) is 19.1 Å². The first-order chi connectivity index (χ1) is 9.10. The number of hydrogen-bond acceptors (Lipinski definition) is 5. The predicted molar refractivity (Wildman–Crippen MR) is 77.0 cm³/mol. The van der Waals surface area contributed by atoms with E-state index >= 15 is 0 Å². The monoisotopic (exact) mass is 269 g/mol. The molecule has 0 aliphatic carbocycles. The smallest absolute Gasteiger partial charge is 0.224 e. The van der Waals surface area contributed by atoms with Crippen LogP contribution in [0.25, 0.3) is 0 Å². The van der Waals surface area contributed by atoms with Crippen molar-refractivity contribution in [2.24, 2.45) is 0 Å². The third-order valence-electron chi connectivity index (χ3n) is 2.89. The van der Waals surface area contributed by atoms with Gasteiger partial charge in [0.15, 0.2) is 11.6 Å². The summed E-state index contributed by atoms with van der Waals surface area (Å²) in [5.74, 6) is 0.278. The Hall–Kier alpha value is -1.43. The molecule has 1 rings (SSSR count). The Morgan fingerprint density at radius 3 is 2.58 bits per heavy atom. The van der Waals surface area contributed by atoms with Gasteiger partial charge in [0.25, 0.3) is 0 Å². The second-order valence-corrected chi connectivity index (χ2v) is 4.45. The van der Waals surface area contributed by atoms with E-state index in [4.69, 9.17) is 0 Å². The van der Waals surface area contributed by atoms with Crippen LogP contribution in [0.5, 0.6) is 0 Å². The van der Waals surface area contributed by atoms with Crippen LogP contribution in [-0.2, 0) is 0 Å². The van der Waals surface area contributed by atoms with Crippen molar-refractivity contribution in [2.45, 2.75) is 33.7 Å². The van der Waals surface area contributed by atoms with E-state index in [2.05, 4.69) is 39.3 Å². The minimum Gasteiger partial charge on any atom is -0.364 e. The van der Waals surface area contributed by atoms with Crippen LogP contribution in [0, 0.1) is 5.82 Å². The molecule has 0 aliphatic heterocycles. The maximum absolute atomic E-state index is 13.6. The second-order valence-electron chi connectivity index (χ2n) is 4.45. The SMILES string of the molecule is CCNc1ncc(F)c(NC(C)CN(CC)CC)n1. The van der Waals surface area contributed by atoms with Gasteiger partial charge in [-0.05, 0) is 26.9 Å². The minimum absolute atomic E-state index is 0.124. The zero-order chi connectivity index (χ0) is 14.3. The van der Waals surface area contributed by atoms with Crippen molar-refractivity contribution < 1.29 is 4.39 Å². The molecule has 1 aromatic heterocycles. The van der Waals surface area contributed by atoms with Crippen molar-refractivity contribution in [3.63, 3.8) is 0 Å². The Balaban J connectivity index is 2.66. The zero-order valence-electron chi connectivity index (χ0n) is 12.2. The number of nitrogens with one attached hydrogen (secondary N) is 2. The molecule has 0 spiro atoms. The molecule has 0 bridgehead atoms. The molecule has 108 valence electrons. The van der Waals surface area contributed by atoms with Gasteiger partial charge in [0.05, 0.1) is 6.20 Å². The molecule has 0 aliphatic rings. The molecule has 1 heterocycles. The van der Waals surface area contributed by atoms with Crippen LogP contribution in [0.15, 0.2) is 6.20 Å². The highest BCUT2D eigenvalue weighted by atomic mass is 19.1. The molecule has 5 nitrogen and oxygen atoms in total. The van der Waals surface area contributed by atoms with Crippen LogP contribution >= 0.6 is 0 Å². The molecule has 2 N–H and O–H groups in total. The summed E-state index contributed by atoms with van der Waals surface area (Å²) in [6.07, 6.45) is 1.19. The summed E-state index contributed by atoms with van der Waals surface area (Å²) >= 11 is 0. The summed E-state index contributed by atoms with van der Waals surface area (Å²) in [7, 11) is 0. The molecule has 0 amide bonds. The van der Waals surface area contributed by atoms with Crippen molar-refractivity contribution >= 4 is 11.8 Å². The Labute approximate surface area is 114 Å². The number of anilines is 2. The number of aromatic nitrogens is 2. The van der Waals surface area contributed by atoms with E-state index in [1.165, 1.54) is 6.20 Å². The summed E-state index contributed by atoms with van der Waals surface area (Å²) in [5.41, 5.74) is 0. The lowest BCUT2D eigenvalue weighted by atomic mass is 10.3. The van der Waals surface area contributed by atoms with Crippen molar-refractivity contribution in [2.75, 3.05) is 36.8 Å². The molecule has 6 heteroatoms. The number of likely N-dealkylation sites (N-methyl/N-ethyl adjacent to an activating group) is 1. The minimum atomic E-state index is -0.423. The van der Waals surface area contributed by atoms with Crippen molar-refractivity contribution in [3.05, 3.63) is 12.0 Å². The van der Waals surface area contributed by atoms with E-state index in [9.17, 15) is 4.39 Å².